The van der Waals surface area contributed by atoms with Crippen LogP contribution in [0.4, 0.5) is 17.8 Å². The van der Waals surface area contributed by atoms with Crippen molar-refractivity contribution in [2.75, 3.05) is 43.2 Å². The van der Waals surface area contributed by atoms with Gasteiger partial charge in [-0.25, -0.2) is 4.98 Å². The summed E-state index contributed by atoms with van der Waals surface area (Å²) in [7, 11) is 5.59. The molecule has 8 heteroatoms. The first-order chi connectivity index (χ1) is 9.69. The van der Waals surface area contributed by atoms with E-state index in [4.69, 9.17) is 0 Å². The fourth-order valence-corrected chi connectivity index (χ4v) is 1.64. The van der Waals surface area contributed by atoms with Crippen LogP contribution in [0, 0.1) is 0 Å². The van der Waals surface area contributed by atoms with Crippen LogP contribution in [0.25, 0.3) is 0 Å². The van der Waals surface area contributed by atoms with Crippen molar-refractivity contribution in [3.05, 3.63) is 18.7 Å². The summed E-state index contributed by atoms with van der Waals surface area (Å²) in [4.78, 5) is 18.7. The Kier molecular flexibility index (Phi) is 4.70. The summed E-state index contributed by atoms with van der Waals surface area (Å²) in [5.41, 5.74) is 0. The van der Waals surface area contributed by atoms with Gasteiger partial charge in [0.25, 0.3) is 0 Å². The zero-order valence-corrected chi connectivity index (χ0v) is 12.0. The van der Waals surface area contributed by atoms with Gasteiger partial charge in [0.1, 0.15) is 0 Å². The Morgan fingerprint density at radius 1 is 1.20 bits per heavy atom. The molecule has 0 amide bonds. The Balaban J connectivity index is 1.89. The molecule has 8 nitrogen and oxygen atoms in total. The number of anilines is 3. The molecule has 20 heavy (non-hydrogen) atoms. The average Bonchev–Trinajstić information content (AvgIpc) is 2.96. The van der Waals surface area contributed by atoms with Crippen molar-refractivity contribution >= 4 is 17.8 Å². The number of hydrogen-bond donors (Lipinski definition) is 2. The summed E-state index contributed by atoms with van der Waals surface area (Å²) in [5.74, 6) is 1.76. The Hall–Kier alpha value is -2.38. The quantitative estimate of drug-likeness (QED) is 0.719. The number of rotatable bonds is 7. The number of aryl methyl sites for hydroxylation is 1. The van der Waals surface area contributed by atoms with E-state index in [-0.39, 0.29) is 0 Å². The van der Waals surface area contributed by atoms with Crippen LogP contribution in [0.5, 0.6) is 0 Å². The lowest BCUT2D eigenvalue weighted by atomic mass is 10.4. The molecule has 0 atom stereocenters. The monoisotopic (exact) mass is 276 g/mol. The molecule has 2 aromatic heterocycles. The van der Waals surface area contributed by atoms with E-state index in [1.807, 2.05) is 36.1 Å². The normalized spacial score (nSPS) is 10.3. The van der Waals surface area contributed by atoms with Gasteiger partial charge in [-0.3, -0.25) is 0 Å². The minimum absolute atomic E-state index is 0.556. The number of hydrogen-bond acceptors (Lipinski definition) is 7. The molecule has 0 saturated carbocycles. The van der Waals surface area contributed by atoms with E-state index < -0.39 is 0 Å². The average molecular weight is 276 g/mol. The minimum Gasteiger partial charge on any atom is -0.357 e. The maximum atomic E-state index is 4.35. The standard InChI is InChI=1S/C12H20N8/c1-13-10-16-11(18-12(17-10)19(2)3)15-5-4-7-20-8-6-14-9-20/h6,8-9H,4-5,7H2,1-3H3,(H2,13,15,16,17,18). The van der Waals surface area contributed by atoms with Crippen molar-refractivity contribution in [3.63, 3.8) is 0 Å². The second kappa shape index (κ2) is 6.69. The van der Waals surface area contributed by atoms with Crippen LogP contribution in [0.1, 0.15) is 6.42 Å². The second-order valence-corrected chi connectivity index (χ2v) is 4.51. The molecule has 0 aliphatic heterocycles. The third kappa shape index (κ3) is 3.81. The van der Waals surface area contributed by atoms with Gasteiger partial charge in [0.05, 0.1) is 6.33 Å². The Morgan fingerprint density at radius 2 is 2.00 bits per heavy atom. The zero-order valence-electron chi connectivity index (χ0n) is 12.0. The molecule has 0 saturated heterocycles. The molecule has 0 aromatic carbocycles. The molecular formula is C12H20N8. The highest BCUT2D eigenvalue weighted by Crippen LogP contribution is 2.10. The minimum atomic E-state index is 0.556. The second-order valence-electron chi connectivity index (χ2n) is 4.51. The number of nitrogens with zero attached hydrogens (tertiary/aromatic N) is 6. The zero-order chi connectivity index (χ0) is 14.4. The largest absolute Gasteiger partial charge is 0.357 e. The van der Waals surface area contributed by atoms with Gasteiger partial charge < -0.3 is 20.1 Å². The topological polar surface area (TPSA) is 83.8 Å². The van der Waals surface area contributed by atoms with E-state index in [2.05, 4.69) is 30.6 Å². The summed E-state index contributed by atoms with van der Waals surface area (Å²) in [6.07, 6.45) is 6.51. The summed E-state index contributed by atoms with van der Waals surface area (Å²) >= 11 is 0. The SMILES string of the molecule is CNc1nc(NCCCn2ccnc2)nc(N(C)C)n1. The van der Waals surface area contributed by atoms with Crippen molar-refractivity contribution in [1.82, 2.24) is 24.5 Å². The predicted octanol–water partition coefficient (Wildman–Crippen LogP) is 0.678. The number of nitrogens with one attached hydrogen (secondary N) is 2. The first kappa shape index (κ1) is 14.0. The summed E-state index contributed by atoms with van der Waals surface area (Å²) in [5, 5.41) is 6.15. The lowest BCUT2D eigenvalue weighted by Gasteiger charge is -2.13. The highest BCUT2D eigenvalue weighted by atomic mass is 15.3. The van der Waals surface area contributed by atoms with Crippen LogP contribution in [0.2, 0.25) is 0 Å². The molecule has 0 spiro atoms. The van der Waals surface area contributed by atoms with Crippen LogP contribution >= 0.6 is 0 Å². The Bertz CT molecular complexity index is 522. The van der Waals surface area contributed by atoms with Gasteiger partial charge in [-0.15, -0.1) is 0 Å². The van der Waals surface area contributed by atoms with E-state index in [1.54, 1.807) is 13.2 Å². The molecule has 2 N–H and O–H groups in total. The highest BCUT2D eigenvalue weighted by Gasteiger charge is 2.06. The van der Waals surface area contributed by atoms with Crippen LogP contribution in [0.3, 0.4) is 0 Å². The molecule has 2 rings (SSSR count). The molecule has 2 aromatic rings. The number of imidazole rings is 1. The van der Waals surface area contributed by atoms with Gasteiger partial charge in [-0.2, -0.15) is 15.0 Å². The van der Waals surface area contributed by atoms with Gasteiger partial charge in [-0.05, 0) is 6.42 Å². The van der Waals surface area contributed by atoms with Crippen LogP contribution in [-0.2, 0) is 6.54 Å². The van der Waals surface area contributed by atoms with Crippen molar-refractivity contribution < 1.29 is 0 Å². The smallest absolute Gasteiger partial charge is 0.231 e. The first-order valence-corrected chi connectivity index (χ1v) is 6.50. The maximum absolute atomic E-state index is 4.35. The van der Waals surface area contributed by atoms with Crippen molar-refractivity contribution in [2.24, 2.45) is 0 Å². The Morgan fingerprint density at radius 3 is 2.65 bits per heavy atom. The summed E-state index contributed by atoms with van der Waals surface area (Å²) < 4.78 is 2.04. The fourth-order valence-electron chi connectivity index (χ4n) is 1.64. The predicted molar refractivity (Wildman–Crippen MR) is 79.0 cm³/mol. The van der Waals surface area contributed by atoms with Gasteiger partial charge >= 0.3 is 0 Å². The molecule has 0 unspecified atom stereocenters. The van der Waals surface area contributed by atoms with Crippen molar-refractivity contribution in [1.29, 1.82) is 0 Å². The summed E-state index contributed by atoms with van der Waals surface area (Å²) in [6.45, 7) is 1.70. The third-order valence-electron chi connectivity index (χ3n) is 2.68. The first-order valence-electron chi connectivity index (χ1n) is 6.50. The highest BCUT2D eigenvalue weighted by molar-refractivity contribution is 5.42. The van der Waals surface area contributed by atoms with E-state index in [1.165, 1.54) is 0 Å². The molecular weight excluding hydrogens is 256 g/mol. The third-order valence-corrected chi connectivity index (χ3v) is 2.68. The Labute approximate surface area is 118 Å². The van der Waals surface area contributed by atoms with Crippen LogP contribution < -0.4 is 15.5 Å². The van der Waals surface area contributed by atoms with E-state index in [9.17, 15) is 0 Å². The van der Waals surface area contributed by atoms with Gasteiger partial charge in [0.15, 0.2) is 0 Å². The van der Waals surface area contributed by atoms with E-state index >= 15 is 0 Å². The van der Waals surface area contributed by atoms with Gasteiger partial charge in [0, 0.05) is 46.6 Å². The molecule has 2 heterocycles. The maximum Gasteiger partial charge on any atom is 0.231 e. The molecule has 0 aliphatic carbocycles. The molecule has 0 aliphatic rings. The van der Waals surface area contributed by atoms with Gasteiger partial charge in [0.2, 0.25) is 17.8 Å². The number of aromatic nitrogens is 5. The van der Waals surface area contributed by atoms with E-state index in [0.717, 1.165) is 19.5 Å². The molecule has 0 bridgehead atoms. The van der Waals surface area contributed by atoms with Crippen LogP contribution in [0.15, 0.2) is 18.7 Å². The van der Waals surface area contributed by atoms with Crippen molar-refractivity contribution in [2.45, 2.75) is 13.0 Å². The van der Waals surface area contributed by atoms with Gasteiger partial charge in [-0.1, -0.05) is 0 Å². The van der Waals surface area contributed by atoms with E-state index in [0.29, 0.717) is 17.8 Å². The fraction of sp³-hybridized carbons (Fsp3) is 0.500. The molecule has 0 radical (unpaired) electrons. The lowest BCUT2D eigenvalue weighted by molar-refractivity contribution is 0.659. The molecule has 0 fully saturated rings. The lowest BCUT2D eigenvalue weighted by Crippen LogP contribution is -2.17. The van der Waals surface area contributed by atoms with Crippen molar-refractivity contribution in [3.8, 4) is 0 Å². The summed E-state index contributed by atoms with van der Waals surface area (Å²) in [6, 6.07) is 0. The molecule has 108 valence electrons. The van der Waals surface area contributed by atoms with Crippen LogP contribution in [-0.4, -0.2) is 52.2 Å².